The van der Waals surface area contributed by atoms with Crippen LogP contribution in [0.1, 0.15) is 26.7 Å². The maximum absolute atomic E-state index is 11.2. The number of nitrogens with one attached hydrogen (secondary N) is 2. The molecule has 0 aliphatic carbocycles. The molecule has 2 N–H and O–H groups in total. The molecule has 1 aliphatic heterocycles. The van der Waals surface area contributed by atoms with Crippen LogP contribution in [-0.2, 0) is 9.59 Å². The molecule has 1 saturated heterocycles. The molecular weight excluding hydrogens is 156 g/mol. The number of piperazine rings is 1. The minimum Gasteiger partial charge on any atom is -0.343 e. The van der Waals surface area contributed by atoms with Crippen molar-refractivity contribution in [2.75, 3.05) is 0 Å². The zero-order chi connectivity index (χ0) is 9.14. The normalized spacial score (nSPS) is 29.5. The van der Waals surface area contributed by atoms with E-state index in [1.807, 2.05) is 6.92 Å². The lowest BCUT2D eigenvalue weighted by atomic mass is 10.1. The third-order valence-electron chi connectivity index (χ3n) is 1.96. The second-order valence-corrected chi connectivity index (χ2v) is 3.08. The Morgan fingerprint density at radius 2 is 1.92 bits per heavy atom. The van der Waals surface area contributed by atoms with Crippen LogP contribution in [0.5, 0.6) is 0 Å². The lowest BCUT2D eigenvalue weighted by Crippen LogP contribution is -2.60. The average molecular weight is 170 g/mol. The fourth-order valence-corrected chi connectivity index (χ4v) is 1.23. The van der Waals surface area contributed by atoms with Gasteiger partial charge >= 0.3 is 0 Å². The van der Waals surface area contributed by atoms with Gasteiger partial charge in [-0.25, -0.2) is 0 Å². The van der Waals surface area contributed by atoms with Crippen LogP contribution < -0.4 is 10.6 Å². The summed E-state index contributed by atoms with van der Waals surface area (Å²) in [6, 6.07) is -0.704. The maximum Gasteiger partial charge on any atom is 0.243 e. The SMILES string of the molecule is CCCC1NC(=O)C(C)NC1=O. The van der Waals surface area contributed by atoms with Gasteiger partial charge < -0.3 is 10.6 Å². The lowest BCUT2D eigenvalue weighted by Gasteiger charge is -2.27. The van der Waals surface area contributed by atoms with Crippen LogP contribution in [0.3, 0.4) is 0 Å². The van der Waals surface area contributed by atoms with Gasteiger partial charge in [0.1, 0.15) is 12.1 Å². The van der Waals surface area contributed by atoms with Crippen LogP contribution in [0, 0.1) is 0 Å². The first-order chi connectivity index (χ1) is 5.65. The quantitative estimate of drug-likeness (QED) is 0.602. The number of amides is 2. The molecule has 2 amide bonds. The Morgan fingerprint density at radius 1 is 1.25 bits per heavy atom. The maximum atomic E-state index is 11.2. The molecule has 0 saturated carbocycles. The minimum absolute atomic E-state index is 0.0658. The summed E-state index contributed by atoms with van der Waals surface area (Å²) in [4.78, 5) is 22.3. The van der Waals surface area contributed by atoms with E-state index in [9.17, 15) is 9.59 Å². The Balaban J connectivity index is 2.55. The molecule has 0 spiro atoms. The van der Waals surface area contributed by atoms with E-state index in [2.05, 4.69) is 10.6 Å². The van der Waals surface area contributed by atoms with Gasteiger partial charge in [-0.3, -0.25) is 9.59 Å². The van der Waals surface area contributed by atoms with Crippen molar-refractivity contribution in [1.29, 1.82) is 0 Å². The third-order valence-corrected chi connectivity index (χ3v) is 1.96. The lowest BCUT2D eigenvalue weighted by molar-refractivity contribution is -0.136. The second-order valence-electron chi connectivity index (χ2n) is 3.08. The summed E-state index contributed by atoms with van der Waals surface area (Å²) in [5.74, 6) is -0.156. The van der Waals surface area contributed by atoms with Crippen molar-refractivity contribution >= 4 is 11.8 Å². The summed E-state index contributed by atoms with van der Waals surface area (Å²) in [7, 11) is 0. The van der Waals surface area contributed by atoms with E-state index in [0.717, 1.165) is 6.42 Å². The van der Waals surface area contributed by atoms with Gasteiger partial charge in [0.25, 0.3) is 0 Å². The van der Waals surface area contributed by atoms with Gasteiger partial charge in [-0.1, -0.05) is 13.3 Å². The van der Waals surface area contributed by atoms with Crippen LogP contribution in [0.4, 0.5) is 0 Å². The molecule has 1 heterocycles. The Kier molecular flexibility index (Phi) is 2.68. The zero-order valence-electron chi connectivity index (χ0n) is 7.39. The molecule has 68 valence electrons. The van der Waals surface area contributed by atoms with Crippen LogP contribution in [0.15, 0.2) is 0 Å². The van der Waals surface area contributed by atoms with E-state index in [1.54, 1.807) is 6.92 Å². The summed E-state index contributed by atoms with van der Waals surface area (Å²) in [5.41, 5.74) is 0. The molecule has 0 radical (unpaired) electrons. The van der Waals surface area contributed by atoms with Crippen LogP contribution in [0.25, 0.3) is 0 Å². The molecule has 12 heavy (non-hydrogen) atoms. The molecule has 0 bridgehead atoms. The predicted molar refractivity (Wildman–Crippen MR) is 44.4 cm³/mol. The first kappa shape index (κ1) is 9.03. The topological polar surface area (TPSA) is 58.2 Å². The Bertz CT molecular complexity index is 203. The molecule has 0 aromatic heterocycles. The Morgan fingerprint density at radius 3 is 2.50 bits per heavy atom. The van der Waals surface area contributed by atoms with Crippen molar-refractivity contribution in [1.82, 2.24) is 10.6 Å². The van der Waals surface area contributed by atoms with Crippen molar-refractivity contribution < 1.29 is 9.59 Å². The van der Waals surface area contributed by atoms with Crippen LogP contribution >= 0.6 is 0 Å². The summed E-state index contributed by atoms with van der Waals surface area (Å²) in [5, 5.41) is 5.28. The fraction of sp³-hybridized carbons (Fsp3) is 0.750. The van der Waals surface area contributed by atoms with Crippen LogP contribution in [-0.4, -0.2) is 23.9 Å². The smallest absolute Gasteiger partial charge is 0.243 e. The first-order valence-electron chi connectivity index (χ1n) is 4.26. The summed E-state index contributed by atoms with van der Waals surface area (Å²) in [6.45, 7) is 3.66. The first-order valence-corrected chi connectivity index (χ1v) is 4.26. The predicted octanol–water partition coefficient (Wildman–Crippen LogP) is -0.210. The van der Waals surface area contributed by atoms with E-state index in [4.69, 9.17) is 0 Å². The highest BCUT2D eigenvalue weighted by molar-refractivity contribution is 5.96. The van der Waals surface area contributed by atoms with Crippen molar-refractivity contribution in [2.45, 2.75) is 38.8 Å². The van der Waals surface area contributed by atoms with Gasteiger partial charge in [-0.15, -0.1) is 0 Å². The standard InChI is InChI=1S/C8H14N2O2/c1-3-4-6-8(12)9-5(2)7(11)10-6/h5-6H,3-4H2,1-2H3,(H,9,12)(H,10,11). The summed E-state index contributed by atoms with van der Waals surface area (Å²) >= 11 is 0. The monoisotopic (exact) mass is 170 g/mol. The minimum atomic E-state index is -0.384. The van der Waals surface area contributed by atoms with E-state index in [1.165, 1.54) is 0 Å². The second kappa shape index (κ2) is 3.56. The molecule has 1 aliphatic rings. The highest BCUT2D eigenvalue weighted by Gasteiger charge is 2.29. The molecule has 1 fully saturated rings. The highest BCUT2D eigenvalue weighted by atomic mass is 16.2. The Hall–Kier alpha value is -1.06. The summed E-state index contributed by atoms with van der Waals surface area (Å²) < 4.78 is 0. The number of rotatable bonds is 2. The number of carbonyl (C=O) groups is 2. The molecule has 2 unspecified atom stereocenters. The highest BCUT2D eigenvalue weighted by Crippen LogP contribution is 2.02. The third kappa shape index (κ3) is 1.75. The van der Waals surface area contributed by atoms with Gasteiger partial charge in [0, 0.05) is 0 Å². The van der Waals surface area contributed by atoms with Crippen molar-refractivity contribution in [3.63, 3.8) is 0 Å². The van der Waals surface area contributed by atoms with Gasteiger partial charge in [0.05, 0.1) is 0 Å². The molecular formula is C8H14N2O2. The van der Waals surface area contributed by atoms with Crippen molar-refractivity contribution in [3.05, 3.63) is 0 Å². The van der Waals surface area contributed by atoms with Gasteiger partial charge in [0.15, 0.2) is 0 Å². The van der Waals surface area contributed by atoms with Crippen LogP contribution in [0.2, 0.25) is 0 Å². The summed E-state index contributed by atoms with van der Waals surface area (Å²) in [6.07, 6.45) is 1.61. The van der Waals surface area contributed by atoms with Gasteiger partial charge in [-0.2, -0.15) is 0 Å². The van der Waals surface area contributed by atoms with Crippen molar-refractivity contribution in [3.8, 4) is 0 Å². The largest absolute Gasteiger partial charge is 0.343 e. The fourth-order valence-electron chi connectivity index (χ4n) is 1.23. The Labute approximate surface area is 71.7 Å². The van der Waals surface area contributed by atoms with E-state index in [0.29, 0.717) is 6.42 Å². The van der Waals surface area contributed by atoms with E-state index < -0.39 is 0 Å². The number of hydrogen-bond acceptors (Lipinski definition) is 2. The molecule has 2 atom stereocenters. The van der Waals surface area contributed by atoms with Gasteiger partial charge in [-0.05, 0) is 13.3 Å². The molecule has 0 aromatic rings. The number of hydrogen-bond donors (Lipinski definition) is 2. The van der Waals surface area contributed by atoms with Gasteiger partial charge in [0.2, 0.25) is 11.8 Å². The molecule has 0 aromatic carbocycles. The van der Waals surface area contributed by atoms with Crippen molar-refractivity contribution in [2.24, 2.45) is 0 Å². The van der Waals surface area contributed by atoms with E-state index >= 15 is 0 Å². The average Bonchev–Trinajstić information content (AvgIpc) is 2.01. The van der Waals surface area contributed by atoms with E-state index in [-0.39, 0.29) is 23.9 Å². The molecule has 4 nitrogen and oxygen atoms in total. The number of carbonyl (C=O) groups excluding carboxylic acids is 2. The zero-order valence-corrected chi connectivity index (χ0v) is 7.39. The molecule has 1 rings (SSSR count). The molecule has 4 heteroatoms.